The van der Waals surface area contributed by atoms with Gasteiger partial charge in [-0.25, -0.2) is 0 Å². The molecule has 228 valence electrons. The van der Waals surface area contributed by atoms with Crippen molar-refractivity contribution in [3.05, 3.63) is 159 Å². The Balaban J connectivity index is 1.42. The van der Waals surface area contributed by atoms with Gasteiger partial charge in [0.05, 0.1) is 5.60 Å². The minimum atomic E-state index is -0.284. The van der Waals surface area contributed by atoms with Crippen LogP contribution in [0.1, 0.15) is 69.7 Å². The van der Waals surface area contributed by atoms with E-state index >= 15 is 0 Å². The quantitative estimate of drug-likeness (QED) is 0.208. The summed E-state index contributed by atoms with van der Waals surface area (Å²) >= 11 is 0. The topological polar surface area (TPSA) is 9.23 Å². The number of allylic oxidation sites excluding steroid dienone is 7. The summed E-state index contributed by atoms with van der Waals surface area (Å²) in [5, 5.41) is 5.28. The van der Waals surface area contributed by atoms with Crippen LogP contribution in [0.5, 0.6) is 0 Å². The summed E-state index contributed by atoms with van der Waals surface area (Å²) in [6.07, 6.45) is 18.6. The lowest BCUT2D eigenvalue weighted by molar-refractivity contribution is -0.000244. The van der Waals surface area contributed by atoms with Crippen molar-refractivity contribution in [1.29, 1.82) is 0 Å². The molecule has 4 aromatic rings. The van der Waals surface area contributed by atoms with E-state index in [4.69, 9.17) is 4.65 Å². The summed E-state index contributed by atoms with van der Waals surface area (Å²) in [6, 6.07) is 31.9. The highest BCUT2D eigenvalue weighted by Crippen LogP contribution is 2.77. The Morgan fingerprint density at radius 3 is 2.35 bits per heavy atom. The molecule has 4 aliphatic carbocycles. The molecule has 0 bridgehead atoms. The highest BCUT2D eigenvalue weighted by molar-refractivity contribution is 6.60. The van der Waals surface area contributed by atoms with Crippen molar-refractivity contribution < 1.29 is 4.65 Å². The van der Waals surface area contributed by atoms with Gasteiger partial charge in [0, 0.05) is 10.8 Å². The number of hydrogen-bond donors (Lipinski definition) is 0. The molecule has 1 fully saturated rings. The van der Waals surface area contributed by atoms with Crippen molar-refractivity contribution in [2.24, 2.45) is 10.8 Å². The van der Waals surface area contributed by atoms with Gasteiger partial charge >= 0.3 is 6.92 Å². The van der Waals surface area contributed by atoms with Crippen LogP contribution >= 0.6 is 0 Å². The molecule has 2 heteroatoms. The minimum Gasteiger partial charge on any atom is -0.426 e. The smallest absolute Gasteiger partial charge is 0.324 e. The largest absolute Gasteiger partial charge is 0.426 e. The van der Waals surface area contributed by atoms with Crippen LogP contribution in [-0.4, -0.2) is 12.5 Å². The van der Waals surface area contributed by atoms with Gasteiger partial charge in [-0.2, -0.15) is 0 Å². The molecule has 0 amide bonds. The molecule has 0 heterocycles. The molecule has 0 radical (unpaired) electrons. The van der Waals surface area contributed by atoms with Gasteiger partial charge in [0.15, 0.2) is 0 Å². The fourth-order valence-corrected chi connectivity index (χ4v) is 8.34. The summed E-state index contributed by atoms with van der Waals surface area (Å²) in [5.74, 6) is 0. The van der Waals surface area contributed by atoms with Gasteiger partial charge < -0.3 is 4.65 Å². The maximum absolute atomic E-state index is 6.89. The zero-order valence-corrected chi connectivity index (χ0v) is 28.0. The first-order chi connectivity index (χ1) is 22.1. The third kappa shape index (κ3) is 4.12. The van der Waals surface area contributed by atoms with E-state index in [2.05, 4.69) is 169 Å². The molecule has 4 aromatic carbocycles. The molecule has 0 aliphatic heterocycles. The Bertz CT molecular complexity index is 2160. The molecule has 1 saturated carbocycles. The Morgan fingerprint density at radius 1 is 0.783 bits per heavy atom. The van der Waals surface area contributed by atoms with Crippen LogP contribution in [0.2, 0.25) is 6.82 Å². The summed E-state index contributed by atoms with van der Waals surface area (Å²) < 4.78 is 6.89. The summed E-state index contributed by atoms with van der Waals surface area (Å²) in [7, 11) is 0. The van der Waals surface area contributed by atoms with Gasteiger partial charge in [-0.15, -0.1) is 0 Å². The monoisotopic (exact) mass is 598 g/mol. The van der Waals surface area contributed by atoms with Gasteiger partial charge in [-0.1, -0.05) is 155 Å². The van der Waals surface area contributed by atoms with Gasteiger partial charge in [-0.05, 0) is 92.2 Å². The van der Waals surface area contributed by atoms with Gasteiger partial charge in [-0.3, -0.25) is 0 Å². The van der Waals surface area contributed by atoms with Crippen LogP contribution in [0, 0.1) is 10.8 Å². The van der Waals surface area contributed by atoms with Crippen molar-refractivity contribution in [3.63, 3.8) is 0 Å². The fourth-order valence-electron chi connectivity index (χ4n) is 8.34. The molecule has 0 saturated heterocycles. The van der Waals surface area contributed by atoms with E-state index < -0.39 is 0 Å². The molecule has 2 atom stereocenters. The molecule has 46 heavy (non-hydrogen) atoms. The zero-order chi connectivity index (χ0) is 31.9. The Morgan fingerprint density at radius 2 is 1.50 bits per heavy atom. The molecule has 1 spiro atoms. The molecule has 4 aliphatic rings. The number of rotatable bonds is 5. The van der Waals surface area contributed by atoms with Crippen LogP contribution in [0.4, 0.5) is 0 Å². The average molecular weight is 599 g/mol. The Hall–Kier alpha value is -4.14. The molecule has 0 aromatic heterocycles. The second-order valence-corrected chi connectivity index (χ2v) is 15.3. The van der Waals surface area contributed by atoms with Crippen molar-refractivity contribution in [2.75, 3.05) is 0 Å². The highest BCUT2D eigenvalue weighted by Gasteiger charge is 2.72. The summed E-state index contributed by atoms with van der Waals surface area (Å²) in [5.41, 5.74) is 9.05. The lowest BCUT2D eigenvalue weighted by atomic mass is 9.56. The third-order valence-corrected chi connectivity index (χ3v) is 11.7. The van der Waals surface area contributed by atoms with E-state index in [1.54, 1.807) is 0 Å². The summed E-state index contributed by atoms with van der Waals surface area (Å²) in [6.45, 7) is 13.4. The SMILES string of the molecule is CB(OC(C)(C)C(C)(C)C)C1=CC2=C(c3cccc4c3=CCC=CC=4)c3ccccc3C3(c4cccc5ccccc45)CC23C=C1. The maximum atomic E-state index is 6.89. The summed E-state index contributed by atoms with van der Waals surface area (Å²) in [4.78, 5) is 0. The standard InChI is InChI=1S/C44H43BO/c1-41(2,3)42(4,5)46-45(6)32-26-27-43-29-44(43,37-25-15-19-31-17-10-11-21-34(31)37)38-24-13-12-22-36(38)40(39(43)28-32)35-23-14-18-30-16-8-7-9-20-33(30)35/h7-8,10-28H,9,29H2,1-6H3. The van der Waals surface area contributed by atoms with E-state index in [-0.39, 0.29) is 28.8 Å². The molecule has 2 unspecified atom stereocenters. The molecular formula is C44H43BO. The molecule has 0 N–H and O–H groups in total. The predicted molar refractivity (Wildman–Crippen MR) is 196 cm³/mol. The van der Waals surface area contributed by atoms with Crippen LogP contribution in [0.25, 0.3) is 28.5 Å². The molecule has 1 nitrogen and oxygen atoms in total. The van der Waals surface area contributed by atoms with Gasteiger partial charge in [0.1, 0.15) is 0 Å². The molecular weight excluding hydrogens is 555 g/mol. The second kappa shape index (κ2) is 10.2. The Kier molecular flexibility index (Phi) is 6.48. The minimum absolute atomic E-state index is 0.0115. The van der Waals surface area contributed by atoms with Crippen LogP contribution in [-0.2, 0) is 10.1 Å². The van der Waals surface area contributed by atoms with E-state index in [1.807, 2.05) is 0 Å². The Labute approximate surface area is 274 Å². The normalized spacial score (nSPS) is 22.9. The lowest BCUT2D eigenvalue weighted by Gasteiger charge is -2.42. The number of benzene rings is 4. The van der Waals surface area contributed by atoms with Crippen molar-refractivity contribution >= 4 is 35.4 Å². The average Bonchev–Trinajstić information content (AvgIpc) is 3.78. The maximum Gasteiger partial charge on any atom is 0.324 e. The number of hydrogen-bond acceptors (Lipinski definition) is 1. The van der Waals surface area contributed by atoms with E-state index in [0.29, 0.717) is 0 Å². The molecule has 8 rings (SSSR count). The number of fused-ring (bicyclic) bond motifs is 4. The van der Waals surface area contributed by atoms with Crippen LogP contribution < -0.4 is 10.4 Å². The first kappa shape index (κ1) is 29.3. The van der Waals surface area contributed by atoms with Crippen LogP contribution in [0.3, 0.4) is 0 Å². The van der Waals surface area contributed by atoms with Gasteiger partial charge in [0.2, 0.25) is 0 Å². The van der Waals surface area contributed by atoms with Gasteiger partial charge in [0.25, 0.3) is 0 Å². The van der Waals surface area contributed by atoms with Crippen molar-refractivity contribution in [3.8, 4) is 0 Å². The predicted octanol–water partition coefficient (Wildman–Crippen LogP) is 9.35. The second-order valence-electron chi connectivity index (χ2n) is 15.3. The first-order valence-corrected chi connectivity index (χ1v) is 17.0. The fraction of sp³-hybridized carbons (Fsp3) is 0.273. The first-order valence-electron chi connectivity index (χ1n) is 17.0. The van der Waals surface area contributed by atoms with Crippen molar-refractivity contribution in [2.45, 2.75) is 65.3 Å². The highest BCUT2D eigenvalue weighted by atomic mass is 16.5. The third-order valence-electron chi connectivity index (χ3n) is 11.7. The van der Waals surface area contributed by atoms with E-state index in [0.717, 1.165) is 12.8 Å². The van der Waals surface area contributed by atoms with E-state index in [1.165, 1.54) is 60.1 Å². The lowest BCUT2D eigenvalue weighted by Crippen LogP contribution is -2.44. The zero-order valence-electron chi connectivity index (χ0n) is 28.0. The van der Waals surface area contributed by atoms with Crippen molar-refractivity contribution in [1.82, 2.24) is 0 Å². The van der Waals surface area contributed by atoms with E-state index in [9.17, 15) is 0 Å². The van der Waals surface area contributed by atoms with Crippen LogP contribution in [0.15, 0.2) is 126 Å².